The van der Waals surface area contributed by atoms with E-state index in [1.54, 1.807) is 0 Å². The molecule has 2 heteroatoms. The van der Waals surface area contributed by atoms with Crippen LogP contribution in [0.15, 0.2) is 243 Å². The maximum absolute atomic E-state index is 2.47. The van der Waals surface area contributed by atoms with Crippen LogP contribution in [0.25, 0.3) is 83.1 Å². The molecular formula is C63H46N2. The fraction of sp³-hybridized carbons (Fsp3) is 0.0476. The summed E-state index contributed by atoms with van der Waals surface area (Å²) in [7, 11) is 0. The standard InChI is InChI=1S/C63H46N2/c1-63(2)58-41-49(36-38-54(58)55-39-37-50(42-59(55)63)65-61-30-15-12-27-56(61)57-28-13-16-31-62(57)65)64(48-23-17-22-47(40-48)52-25-10-9-24-51(52)45-20-7-4-8-21-45)60-29-14-11-26-53(60)46-34-32-44(33-35-46)43-18-5-3-6-19-43/h3-42H,1-2H3. The van der Waals surface area contributed by atoms with Gasteiger partial charge in [-0.15, -0.1) is 0 Å². The van der Waals surface area contributed by atoms with Crippen LogP contribution >= 0.6 is 0 Å². The minimum Gasteiger partial charge on any atom is -0.310 e. The van der Waals surface area contributed by atoms with Crippen LogP contribution < -0.4 is 4.90 Å². The number of hydrogen-bond donors (Lipinski definition) is 0. The van der Waals surface area contributed by atoms with Crippen LogP contribution in [0.4, 0.5) is 17.1 Å². The van der Waals surface area contributed by atoms with Gasteiger partial charge in [0, 0.05) is 38.8 Å². The molecule has 0 spiro atoms. The van der Waals surface area contributed by atoms with Crippen molar-refractivity contribution in [1.82, 2.24) is 4.57 Å². The summed E-state index contributed by atoms with van der Waals surface area (Å²) in [6, 6.07) is 88.8. The highest BCUT2D eigenvalue weighted by Gasteiger charge is 2.37. The van der Waals surface area contributed by atoms with Crippen molar-refractivity contribution in [1.29, 1.82) is 0 Å². The van der Waals surface area contributed by atoms with Gasteiger partial charge >= 0.3 is 0 Å². The van der Waals surface area contributed by atoms with Crippen molar-refractivity contribution in [3.63, 3.8) is 0 Å². The van der Waals surface area contributed by atoms with Gasteiger partial charge in [-0.2, -0.15) is 0 Å². The lowest BCUT2D eigenvalue weighted by Crippen LogP contribution is -2.17. The Morgan fingerprint density at radius 1 is 0.323 bits per heavy atom. The predicted molar refractivity (Wildman–Crippen MR) is 275 cm³/mol. The Labute approximate surface area is 381 Å². The molecule has 0 fully saturated rings. The second-order valence-electron chi connectivity index (χ2n) is 17.7. The van der Waals surface area contributed by atoms with Gasteiger partial charge < -0.3 is 9.47 Å². The van der Waals surface area contributed by atoms with Crippen LogP contribution in [0, 0.1) is 0 Å². The third kappa shape index (κ3) is 6.49. The topological polar surface area (TPSA) is 8.17 Å². The van der Waals surface area contributed by atoms with E-state index in [2.05, 4.69) is 266 Å². The molecule has 10 aromatic carbocycles. The van der Waals surface area contributed by atoms with E-state index in [9.17, 15) is 0 Å². The quantitative estimate of drug-likeness (QED) is 0.148. The maximum Gasteiger partial charge on any atom is 0.0541 e. The van der Waals surface area contributed by atoms with E-state index < -0.39 is 0 Å². The molecular weight excluding hydrogens is 785 g/mol. The minimum atomic E-state index is -0.260. The predicted octanol–water partition coefficient (Wildman–Crippen LogP) is 17.2. The summed E-state index contributed by atoms with van der Waals surface area (Å²) in [5.74, 6) is 0. The van der Waals surface area contributed by atoms with E-state index >= 15 is 0 Å². The average molecular weight is 831 g/mol. The Balaban J connectivity index is 1.01. The van der Waals surface area contributed by atoms with Crippen molar-refractivity contribution in [2.24, 2.45) is 0 Å². The van der Waals surface area contributed by atoms with Crippen molar-refractivity contribution in [2.75, 3.05) is 4.90 Å². The van der Waals surface area contributed by atoms with E-state index in [-0.39, 0.29) is 5.41 Å². The van der Waals surface area contributed by atoms with Crippen LogP contribution in [0.3, 0.4) is 0 Å². The molecule has 0 saturated heterocycles. The van der Waals surface area contributed by atoms with Crippen LogP contribution in [0.5, 0.6) is 0 Å². The van der Waals surface area contributed by atoms with Gasteiger partial charge in [0.05, 0.1) is 16.7 Å². The minimum absolute atomic E-state index is 0.260. The van der Waals surface area contributed by atoms with Gasteiger partial charge in [-0.05, 0) is 116 Å². The number of aromatic nitrogens is 1. The molecule has 11 aromatic rings. The Kier molecular flexibility index (Phi) is 9.21. The largest absolute Gasteiger partial charge is 0.310 e. The van der Waals surface area contributed by atoms with Crippen molar-refractivity contribution in [2.45, 2.75) is 19.3 Å². The molecule has 2 nitrogen and oxygen atoms in total. The number of hydrogen-bond acceptors (Lipinski definition) is 1. The van der Waals surface area contributed by atoms with E-state index in [1.165, 1.54) is 94.3 Å². The smallest absolute Gasteiger partial charge is 0.0541 e. The van der Waals surface area contributed by atoms with Crippen LogP contribution in [-0.2, 0) is 5.41 Å². The molecule has 0 N–H and O–H groups in total. The molecule has 308 valence electrons. The molecule has 1 heterocycles. The molecule has 0 aliphatic heterocycles. The SMILES string of the molecule is CC1(C)c2cc(N(c3cccc(-c4ccccc4-c4ccccc4)c3)c3ccccc3-c3ccc(-c4ccccc4)cc3)ccc2-c2ccc(-n3c4ccccc4c4ccccc43)cc21. The number of anilines is 3. The third-order valence-corrected chi connectivity index (χ3v) is 13.6. The summed E-state index contributed by atoms with van der Waals surface area (Å²) in [5, 5.41) is 2.55. The van der Waals surface area contributed by atoms with E-state index in [4.69, 9.17) is 0 Å². The summed E-state index contributed by atoms with van der Waals surface area (Å²) >= 11 is 0. The molecule has 0 atom stereocenters. The molecule has 65 heavy (non-hydrogen) atoms. The van der Waals surface area contributed by atoms with E-state index in [1.807, 2.05) is 0 Å². The second-order valence-corrected chi connectivity index (χ2v) is 17.7. The fourth-order valence-corrected chi connectivity index (χ4v) is 10.4. The lowest BCUT2D eigenvalue weighted by molar-refractivity contribution is 0.660. The third-order valence-electron chi connectivity index (χ3n) is 13.6. The summed E-state index contributed by atoms with van der Waals surface area (Å²) in [5.41, 5.74) is 21.5. The van der Waals surface area contributed by atoms with Crippen LogP contribution in [-0.4, -0.2) is 4.57 Å². The average Bonchev–Trinajstić information content (AvgIpc) is 3.82. The van der Waals surface area contributed by atoms with Gasteiger partial charge in [0.2, 0.25) is 0 Å². The van der Waals surface area contributed by atoms with Gasteiger partial charge in [0.1, 0.15) is 0 Å². The van der Waals surface area contributed by atoms with Gasteiger partial charge in [-0.1, -0.05) is 202 Å². The number of benzene rings is 10. The lowest BCUT2D eigenvalue weighted by atomic mass is 9.82. The molecule has 0 saturated carbocycles. The first kappa shape index (κ1) is 38.5. The highest BCUT2D eigenvalue weighted by molar-refractivity contribution is 6.09. The Morgan fingerprint density at radius 3 is 1.49 bits per heavy atom. The zero-order valence-corrected chi connectivity index (χ0v) is 36.5. The number of nitrogens with zero attached hydrogens (tertiary/aromatic N) is 2. The Morgan fingerprint density at radius 2 is 0.800 bits per heavy atom. The van der Waals surface area contributed by atoms with Crippen molar-refractivity contribution < 1.29 is 0 Å². The molecule has 0 radical (unpaired) electrons. The van der Waals surface area contributed by atoms with Gasteiger partial charge in [0.15, 0.2) is 0 Å². The Hall–Kier alpha value is -8.20. The molecule has 0 amide bonds. The number of fused-ring (bicyclic) bond motifs is 6. The van der Waals surface area contributed by atoms with E-state index in [0.29, 0.717) is 0 Å². The first-order valence-electron chi connectivity index (χ1n) is 22.6. The fourth-order valence-electron chi connectivity index (χ4n) is 10.4. The Bertz CT molecular complexity index is 3510. The molecule has 1 aliphatic carbocycles. The van der Waals surface area contributed by atoms with Gasteiger partial charge in [0.25, 0.3) is 0 Å². The van der Waals surface area contributed by atoms with Crippen molar-refractivity contribution >= 4 is 38.9 Å². The maximum atomic E-state index is 2.47. The second kappa shape index (κ2) is 15.6. The van der Waals surface area contributed by atoms with Gasteiger partial charge in [-0.3, -0.25) is 0 Å². The highest BCUT2D eigenvalue weighted by Crippen LogP contribution is 2.52. The monoisotopic (exact) mass is 830 g/mol. The van der Waals surface area contributed by atoms with Crippen LogP contribution in [0.2, 0.25) is 0 Å². The van der Waals surface area contributed by atoms with Crippen molar-refractivity contribution in [3.8, 4) is 61.3 Å². The normalized spacial score (nSPS) is 12.6. The zero-order chi connectivity index (χ0) is 43.5. The summed E-state index contributed by atoms with van der Waals surface area (Å²) in [6.07, 6.45) is 0. The van der Waals surface area contributed by atoms with Crippen LogP contribution in [0.1, 0.15) is 25.0 Å². The number of rotatable bonds is 8. The first-order chi connectivity index (χ1) is 32.0. The lowest BCUT2D eigenvalue weighted by Gasteiger charge is -2.30. The number of para-hydroxylation sites is 3. The summed E-state index contributed by atoms with van der Waals surface area (Å²) in [4.78, 5) is 2.47. The summed E-state index contributed by atoms with van der Waals surface area (Å²) < 4.78 is 2.43. The first-order valence-corrected chi connectivity index (χ1v) is 22.6. The highest BCUT2D eigenvalue weighted by atomic mass is 15.1. The van der Waals surface area contributed by atoms with Gasteiger partial charge in [-0.25, -0.2) is 0 Å². The zero-order valence-electron chi connectivity index (χ0n) is 36.5. The summed E-state index contributed by atoms with van der Waals surface area (Å²) in [6.45, 7) is 4.79. The molecule has 0 bridgehead atoms. The molecule has 0 unspecified atom stereocenters. The van der Waals surface area contributed by atoms with E-state index in [0.717, 1.165) is 17.1 Å². The molecule has 1 aromatic heterocycles. The molecule has 12 rings (SSSR count). The van der Waals surface area contributed by atoms with Crippen molar-refractivity contribution in [3.05, 3.63) is 254 Å². The molecule has 1 aliphatic rings.